The monoisotopic (exact) mass is 248 g/mol. The molecule has 0 saturated heterocycles. The van der Waals surface area contributed by atoms with Crippen LogP contribution in [0.1, 0.15) is 35.3 Å². The maximum atomic E-state index is 11.4. The fourth-order valence-electron chi connectivity index (χ4n) is 1.10. The van der Waals surface area contributed by atoms with Crippen molar-refractivity contribution in [1.82, 2.24) is 4.98 Å². The lowest BCUT2D eigenvalue weighted by atomic mass is 10.2. The van der Waals surface area contributed by atoms with E-state index in [1.165, 1.54) is 6.92 Å². The molecule has 84 valence electrons. The summed E-state index contributed by atoms with van der Waals surface area (Å²) in [7, 11) is -3.76. The van der Waals surface area contributed by atoms with Crippen LogP contribution in [-0.2, 0) is 10.0 Å². The van der Waals surface area contributed by atoms with Gasteiger partial charge in [0.2, 0.25) is 10.0 Å². The third-order valence-corrected chi connectivity index (χ3v) is 4.48. The Morgan fingerprint density at radius 1 is 1.53 bits per heavy atom. The van der Waals surface area contributed by atoms with Crippen molar-refractivity contribution in [3.8, 4) is 0 Å². The van der Waals surface area contributed by atoms with Crippen LogP contribution >= 0.6 is 11.3 Å². The molecule has 5 nitrogen and oxygen atoms in total. The molecule has 0 aliphatic carbocycles. The molecule has 0 bridgehead atoms. The average molecular weight is 248 g/mol. The highest BCUT2D eigenvalue weighted by atomic mass is 32.2. The first-order valence-corrected chi connectivity index (χ1v) is 6.76. The van der Waals surface area contributed by atoms with Gasteiger partial charge in [0.05, 0.1) is 5.69 Å². The molecule has 0 amide bonds. The molecule has 2 N–H and O–H groups in total. The summed E-state index contributed by atoms with van der Waals surface area (Å²) in [5, 5.41) is 5.20. The molecule has 1 heterocycles. The second-order valence-corrected chi connectivity index (χ2v) is 5.87. The van der Waals surface area contributed by atoms with Crippen LogP contribution in [0.15, 0.2) is 4.21 Å². The van der Waals surface area contributed by atoms with Gasteiger partial charge in [0.1, 0.15) is 0 Å². The molecular weight excluding hydrogens is 236 g/mol. The quantitative estimate of drug-likeness (QED) is 0.807. The molecule has 0 aliphatic heterocycles. The SMILES string of the molecule is CCCC(=O)c1nc(C)c(S(N)(=O)=O)s1. The number of sulfonamides is 1. The third-order valence-electron chi connectivity index (χ3n) is 1.73. The number of primary sulfonamides is 1. The van der Waals surface area contributed by atoms with Gasteiger partial charge in [-0.05, 0) is 13.3 Å². The summed E-state index contributed by atoms with van der Waals surface area (Å²) < 4.78 is 22.1. The fraction of sp³-hybridized carbons (Fsp3) is 0.500. The molecule has 0 aliphatic rings. The van der Waals surface area contributed by atoms with Crippen LogP contribution in [0.25, 0.3) is 0 Å². The van der Waals surface area contributed by atoms with Crippen molar-refractivity contribution in [2.75, 3.05) is 0 Å². The van der Waals surface area contributed by atoms with Gasteiger partial charge in [-0.15, -0.1) is 0 Å². The number of Topliss-reactive ketones (excluding diaryl/α,β-unsaturated/α-hetero) is 1. The highest BCUT2D eigenvalue weighted by Crippen LogP contribution is 2.23. The normalized spacial score (nSPS) is 11.7. The Morgan fingerprint density at radius 2 is 2.13 bits per heavy atom. The number of carbonyl (C=O) groups excluding carboxylic acids is 1. The summed E-state index contributed by atoms with van der Waals surface area (Å²) >= 11 is 0.841. The second-order valence-electron chi connectivity index (χ2n) is 3.11. The van der Waals surface area contributed by atoms with E-state index in [2.05, 4.69) is 4.98 Å². The lowest BCUT2D eigenvalue weighted by Crippen LogP contribution is -2.11. The minimum Gasteiger partial charge on any atom is -0.292 e. The Morgan fingerprint density at radius 3 is 2.53 bits per heavy atom. The number of hydrogen-bond acceptors (Lipinski definition) is 5. The van der Waals surface area contributed by atoms with Crippen molar-refractivity contribution in [3.05, 3.63) is 10.7 Å². The van der Waals surface area contributed by atoms with Crippen molar-refractivity contribution in [2.45, 2.75) is 30.9 Å². The number of nitrogens with zero attached hydrogens (tertiary/aromatic N) is 1. The van der Waals surface area contributed by atoms with Gasteiger partial charge in [0, 0.05) is 6.42 Å². The fourth-order valence-corrected chi connectivity index (χ4v) is 3.03. The zero-order valence-corrected chi connectivity index (χ0v) is 10.1. The molecule has 7 heteroatoms. The smallest absolute Gasteiger partial charge is 0.249 e. The summed E-state index contributed by atoms with van der Waals surface area (Å²) in [6.07, 6.45) is 1.08. The first kappa shape index (κ1) is 12.3. The molecule has 0 unspecified atom stereocenters. The molecule has 0 radical (unpaired) electrons. The molecule has 1 aromatic rings. The number of thiazole rings is 1. The van der Waals surface area contributed by atoms with Crippen LogP contribution in [0.3, 0.4) is 0 Å². The Labute approximate surface area is 92.4 Å². The number of hydrogen-bond donors (Lipinski definition) is 1. The maximum Gasteiger partial charge on any atom is 0.249 e. The largest absolute Gasteiger partial charge is 0.292 e. The lowest BCUT2D eigenvalue weighted by molar-refractivity contribution is 0.0981. The topological polar surface area (TPSA) is 90.1 Å². The van der Waals surface area contributed by atoms with Crippen LogP contribution < -0.4 is 5.14 Å². The minimum atomic E-state index is -3.76. The number of aromatic nitrogens is 1. The van der Waals surface area contributed by atoms with Crippen LogP contribution in [0.5, 0.6) is 0 Å². The molecule has 1 rings (SSSR count). The molecule has 15 heavy (non-hydrogen) atoms. The van der Waals surface area contributed by atoms with Gasteiger partial charge < -0.3 is 0 Å². The van der Waals surface area contributed by atoms with E-state index < -0.39 is 10.0 Å². The highest BCUT2D eigenvalue weighted by molar-refractivity contribution is 7.91. The van der Waals surface area contributed by atoms with Crippen LogP contribution in [0.2, 0.25) is 0 Å². The van der Waals surface area contributed by atoms with E-state index in [4.69, 9.17) is 5.14 Å². The van der Waals surface area contributed by atoms with Gasteiger partial charge in [-0.1, -0.05) is 18.3 Å². The Hall–Kier alpha value is -0.790. The van der Waals surface area contributed by atoms with Crippen molar-refractivity contribution < 1.29 is 13.2 Å². The zero-order chi connectivity index (χ0) is 11.6. The predicted octanol–water partition coefficient (Wildman–Crippen LogP) is 1.08. The van der Waals surface area contributed by atoms with E-state index in [-0.39, 0.29) is 15.0 Å². The number of carbonyl (C=O) groups is 1. The van der Waals surface area contributed by atoms with Crippen molar-refractivity contribution in [1.29, 1.82) is 0 Å². The van der Waals surface area contributed by atoms with E-state index in [1.807, 2.05) is 6.92 Å². The molecular formula is C8H12N2O3S2. The first-order valence-electron chi connectivity index (χ1n) is 4.39. The van der Waals surface area contributed by atoms with Crippen molar-refractivity contribution >= 4 is 27.1 Å². The molecule has 0 atom stereocenters. The number of rotatable bonds is 4. The third kappa shape index (κ3) is 2.83. The summed E-state index contributed by atoms with van der Waals surface area (Å²) in [6.45, 7) is 3.40. The van der Waals surface area contributed by atoms with E-state index in [0.717, 1.165) is 11.3 Å². The van der Waals surface area contributed by atoms with Gasteiger partial charge in [-0.3, -0.25) is 4.79 Å². The standard InChI is InChI=1S/C8H12N2O3S2/c1-3-4-6(11)7-10-5(2)8(14-7)15(9,12)13/h3-4H2,1-2H3,(H2,9,12,13). The van der Waals surface area contributed by atoms with Crippen LogP contribution in [0, 0.1) is 6.92 Å². The molecule has 0 saturated carbocycles. The summed E-state index contributed by atoms with van der Waals surface area (Å²) in [4.78, 5) is 15.4. The first-order chi connectivity index (χ1) is 6.86. The summed E-state index contributed by atoms with van der Waals surface area (Å²) in [5.41, 5.74) is 0.293. The van der Waals surface area contributed by atoms with Crippen molar-refractivity contribution in [2.24, 2.45) is 5.14 Å². The molecule has 0 fully saturated rings. The number of nitrogens with two attached hydrogens (primary N) is 1. The van der Waals surface area contributed by atoms with Gasteiger partial charge in [-0.25, -0.2) is 18.5 Å². The average Bonchev–Trinajstić information content (AvgIpc) is 2.47. The highest BCUT2D eigenvalue weighted by Gasteiger charge is 2.20. The summed E-state index contributed by atoms with van der Waals surface area (Å²) in [5.74, 6) is -0.138. The molecule has 0 spiro atoms. The van der Waals surface area contributed by atoms with Gasteiger partial charge >= 0.3 is 0 Å². The van der Waals surface area contributed by atoms with Gasteiger partial charge in [0.15, 0.2) is 15.0 Å². The van der Waals surface area contributed by atoms with E-state index in [0.29, 0.717) is 18.5 Å². The minimum absolute atomic E-state index is 0.0260. The maximum absolute atomic E-state index is 11.4. The van der Waals surface area contributed by atoms with E-state index >= 15 is 0 Å². The number of ketones is 1. The zero-order valence-electron chi connectivity index (χ0n) is 8.48. The van der Waals surface area contributed by atoms with E-state index in [9.17, 15) is 13.2 Å². The van der Waals surface area contributed by atoms with E-state index in [1.54, 1.807) is 0 Å². The van der Waals surface area contributed by atoms with Crippen molar-refractivity contribution in [3.63, 3.8) is 0 Å². The summed E-state index contributed by atoms with van der Waals surface area (Å²) in [6, 6.07) is 0. The lowest BCUT2D eigenvalue weighted by Gasteiger charge is -1.91. The Balaban J connectivity index is 3.12. The Bertz CT molecular complexity index is 476. The molecule has 1 aromatic heterocycles. The Kier molecular flexibility index (Phi) is 3.58. The number of aryl methyl sites for hydroxylation is 1. The van der Waals surface area contributed by atoms with Crippen LogP contribution in [0.4, 0.5) is 0 Å². The molecule has 0 aromatic carbocycles. The second kappa shape index (κ2) is 4.38. The predicted molar refractivity (Wildman–Crippen MR) is 57.5 cm³/mol. The van der Waals surface area contributed by atoms with Gasteiger partial charge in [-0.2, -0.15) is 0 Å². The van der Waals surface area contributed by atoms with Gasteiger partial charge in [0.25, 0.3) is 0 Å². The van der Waals surface area contributed by atoms with Crippen LogP contribution in [-0.4, -0.2) is 19.2 Å².